The van der Waals surface area contributed by atoms with Gasteiger partial charge in [0.2, 0.25) is 5.71 Å². The van der Waals surface area contributed by atoms with Gasteiger partial charge in [-0.25, -0.2) is 4.98 Å². The summed E-state index contributed by atoms with van der Waals surface area (Å²) in [4.78, 5) is 14.1. The summed E-state index contributed by atoms with van der Waals surface area (Å²) in [5.41, 5.74) is 10.7. The van der Waals surface area contributed by atoms with E-state index >= 15 is 0 Å². The van der Waals surface area contributed by atoms with Crippen LogP contribution in [0.3, 0.4) is 0 Å². The molecular weight excluding hydrogens is 841 g/mol. The number of hydrogen-bond donors (Lipinski definition) is 0. The standard InChI is InChI=1S/C27H20N3O.C15H18GeN.Ir/c1-16-8-6-9-17(2)24(16)30-23-13-5-4-12-22(23)29-26(30)21-11-7-10-19-20-15-14-18(3)28-27(20)31-25(19)21;1-12-5-7-13(8-6-12)15-10-9-14(11-17-15)16(2,3)4;/h4-10,12-15H,1-3H3;5-7,9-11H,1-4H3;/q2*-1;/i;1D3;. The summed E-state index contributed by atoms with van der Waals surface area (Å²) >= 11 is -1.83. The summed E-state index contributed by atoms with van der Waals surface area (Å²) in [6, 6.07) is 38.1. The van der Waals surface area contributed by atoms with Crippen molar-refractivity contribution in [3.63, 3.8) is 0 Å². The molecule has 0 aliphatic rings. The van der Waals surface area contributed by atoms with Crippen molar-refractivity contribution in [2.24, 2.45) is 0 Å². The van der Waals surface area contributed by atoms with Crippen LogP contribution in [0.25, 0.3) is 61.4 Å². The summed E-state index contributed by atoms with van der Waals surface area (Å²) in [6.45, 7) is 4.17. The maximum atomic E-state index is 7.35. The Hall–Kier alpha value is -4.36. The van der Waals surface area contributed by atoms with E-state index in [0.29, 0.717) is 11.3 Å². The molecule has 0 aliphatic carbocycles. The predicted octanol–water partition coefficient (Wildman–Crippen LogP) is 10.1. The van der Waals surface area contributed by atoms with E-state index in [1.807, 2.05) is 49.5 Å². The van der Waals surface area contributed by atoms with E-state index in [4.69, 9.17) is 13.5 Å². The molecule has 0 N–H and O–H groups in total. The van der Waals surface area contributed by atoms with Gasteiger partial charge in [-0.3, -0.25) is 4.98 Å². The number of fused-ring (bicyclic) bond motifs is 4. The summed E-state index contributed by atoms with van der Waals surface area (Å²) in [7, 11) is 0. The quantitative estimate of drug-likeness (QED) is 0.131. The number of hydrogen-bond acceptors (Lipinski definition) is 4. The average Bonchev–Trinajstić information content (AvgIpc) is 3.66. The first-order chi connectivity index (χ1) is 24.3. The largest absolute Gasteiger partial charge is 0 e. The van der Waals surface area contributed by atoms with E-state index < -0.39 is 20.1 Å². The van der Waals surface area contributed by atoms with Gasteiger partial charge in [0.15, 0.2) is 0 Å². The third-order valence-corrected chi connectivity index (χ3v) is 12.9. The molecule has 4 heterocycles. The zero-order valence-electron chi connectivity index (χ0n) is 31.3. The molecular formula is C42H38GeIrN4O-2. The number of aryl methyl sites for hydroxylation is 4. The number of aromatic nitrogens is 4. The molecule has 0 saturated heterocycles. The topological polar surface area (TPSA) is 56.7 Å². The van der Waals surface area contributed by atoms with Gasteiger partial charge in [0, 0.05) is 36.9 Å². The third-order valence-electron chi connectivity index (χ3n) is 8.60. The van der Waals surface area contributed by atoms with Crippen LogP contribution in [0.15, 0.2) is 108 Å². The summed E-state index contributed by atoms with van der Waals surface area (Å²) in [5.74, 6) is 7.80. The van der Waals surface area contributed by atoms with Crippen molar-refractivity contribution < 1.29 is 28.6 Å². The van der Waals surface area contributed by atoms with Crippen LogP contribution in [-0.2, 0) is 20.1 Å². The van der Waals surface area contributed by atoms with Crippen LogP contribution in [0.2, 0.25) is 17.3 Å². The van der Waals surface area contributed by atoms with Crippen LogP contribution in [0, 0.1) is 39.8 Å². The minimum atomic E-state index is -2.08. The number of furan rings is 1. The number of benzene rings is 4. The number of imidazole rings is 1. The predicted molar refractivity (Wildman–Crippen MR) is 201 cm³/mol. The van der Waals surface area contributed by atoms with Gasteiger partial charge in [-0.1, -0.05) is 41.3 Å². The molecule has 1 radical (unpaired) electrons. The van der Waals surface area contributed by atoms with Gasteiger partial charge in [-0.05, 0) is 56.2 Å². The van der Waals surface area contributed by atoms with Crippen LogP contribution in [0.5, 0.6) is 0 Å². The van der Waals surface area contributed by atoms with Crippen LogP contribution in [-0.4, -0.2) is 32.8 Å². The molecule has 0 bridgehead atoms. The van der Waals surface area contributed by atoms with Gasteiger partial charge < -0.3 is 8.98 Å². The first-order valence-electron chi connectivity index (χ1n) is 17.5. The first-order valence-corrected chi connectivity index (χ1v) is 23.4. The molecule has 0 amide bonds. The fourth-order valence-corrected chi connectivity index (χ4v) is 8.21. The van der Waals surface area contributed by atoms with Crippen molar-refractivity contribution in [3.8, 4) is 28.3 Å². The molecule has 0 saturated carbocycles. The van der Waals surface area contributed by atoms with Crippen LogP contribution < -0.4 is 4.40 Å². The molecule has 0 spiro atoms. The van der Waals surface area contributed by atoms with Crippen molar-refractivity contribution >= 4 is 50.8 Å². The summed E-state index contributed by atoms with van der Waals surface area (Å²) in [6.07, 6.45) is 1.95. The van der Waals surface area contributed by atoms with E-state index in [0.717, 1.165) is 61.4 Å². The van der Waals surface area contributed by atoms with Gasteiger partial charge in [-0.15, -0.1) is 18.2 Å². The van der Waals surface area contributed by atoms with E-state index in [1.54, 1.807) is 12.1 Å². The number of nitrogens with zero attached hydrogens (tertiary/aromatic N) is 4. The normalized spacial score (nSPS) is 12.6. The molecule has 0 atom stereocenters. The Bertz CT molecular complexity index is 2460. The molecule has 7 heteroatoms. The SMILES string of the molecule is Cc1ccc2c(n1)oc1c(-c3nc4ccccc4n3-c3c(C)cccc3C)[c-]ccc12.[2H]C([2H])([2H])c1c[c-]c(-c2cc[c]([Ge]([CH3])([CH3])[CH3])cn2)cc1.[Ir]. The first kappa shape index (κ1) is 30.7. The number of para-hydroxylation sites is 3. The average molecular weight is 883 g/mol. The molecule has 8 aromatic rings. The Morgan fingerprint density at radius 3 is 2.29 bits per heavy atom. The van der Waals surface area contributed by atoms with Crippen LogP contribution in [0.4, 0.5) is 0 Å². The second kappa shape index (κ2) is 13.9. The molecule has 4 aromatic heterocycles. The van der Waals surface area contributed by atoms with Gasteiger partial charge in [0.25, 0.3) is 0 Å². The molecule has 0 fully saturated rings. The molecule has 8 rings (SSSR count). The Balaban J connectivity index is 0.000000193. The van der Waals surface area contributed by atoms with Gasteiger partial charge in [-0.2, -0.15) is 0 Å². The summed E-state index contributed by atoms with van der Waals surface area (Å²) in [5, 5.41) is 2.03. The molecule has 5 nitrogen and oxygen atoms in total. The van der Waals surface area contributed by atoms with Crippen LogP contribution in [0.1, 0.15) is 26.5 Å². The van der Waals surface area contributed by atoms with Crippen molar-refractivity contribution in [2.75, 3.05) is 0 Å². The van der Waals surface area contributed by atoms with E-state index in [9.17, 15) is 0 Å². The molecule has 4 aromatic carbocycles. The van der Waals surface area contributed by atoms with Crippen molar-refractivity contribution in [1.82, 2.24) is 19.5 Å². The second-order valence-electron chi connectivity index (χ2n) is 13.2. The number of rotatable bonds is 4. The molecule has 0 aliphatic heterocycles. The monoisotopic (exact) mass is 884 g/mol. The Kier molecular flexibility index (Phi) is 8.68. The Morgan fingerprint density at radius 2 is 1.59 bits per heavy atom. The fourth-order valence-electron chi connectivity index (χ4n) is 6.04. The van der Waals surface area contributed by atoms with Crippen molar-refractivity contribution in [2.45, 2.75) is 44.9 Å². The third kappa shape index (κ3) is 6.78. The second-order valence-corrected chi connectivity index (χ2v) is 23.8. The van der Waals surface area contributed by atoms with E-state index in [-0.39, 0.29) is 20.1 Å². The van der Waals surface area contributed by atoms with E-state index in [1.165, 1.54) is 21.6 Å². The van der Waals surface area contributed by atoms with Gasteiger partial charge >= 0.3 is 110 Å². The molecule has 49 heavy (non-hydrogen) atoms. The molecule has 0 unspecified atom stereocenters. The van der Waals surface area contributed by atoms with Crippen molar-refractivity contribution in [1.29, 1.82) is 0 Å². The zero-order valence-corrected chi connectivity index (χ0v) is 32.8. The zero-order chi connectivity index (χ0) is 36.1. The smallest absolute Gasteiger partial charge is 0 e. The Morgan fingerprint density at radius 1 is 0.796 bits per heavy atom. The van der Waals surface area contributed by atoms with Crippen molar-refractivity contribution in [3.05, 3.63) is 138 Å². The maximum Gasteiger partial charge on any atom is 0 e. The van der Waals surface area contributed by atoms with Crippen LogP contribution >= 0.6 is 0 Å². The Labute approximate surface area is 308 Å². The minimum Gasteiger partial charge on any atom is 0 e. The molecule has 247 valence electrons. The number of pyridine rings is 2. The van der Waals surface area contributed by atoms with Gasteiger partial charge in [0.1, 0.15) is 0 Å². The fraction of sp³-hybridized carbons (Fsp3) is 0.167. The summed E-state index contributed by atoms with van der Waals surface area (Å²) < 4.78 is 31.9. The van der Waals surface area contributed by atoms with Gasteiger partial charge in [0.05, 0.1) is 22.4 Å². The maximum absolute atomic E-state index is 7.35. The minimum absolute atomic E-state index is 0. The van der Waals surface area contributed by atoms with E-state index in [2.05, 4.69) is 100 Å².